The lowest BCUT2D eigenvalue weighted by Gasteiger charge is -2.38. The first kappa shape index (κ1) is 21.2. The van der Waals surface area contributed by atoms with Crippen molar-refractivity contribution in [1.82, 2.24) is 9.97 Å². The summed E-state index contributed by atoms with van der Waals surface area (Å²) in [6.45, 7) is 3.14. The number of morpholine rings is 1. The average molecular weight is 430 g/mol. The van der Waals surface area contributed by atoms with Crippen molar-refractivity contribution in [3.05, 3.63) is 29.6 Å². The van der Waals surface area contributed by atoms with Crippen molar-refractivity contribution in [1.29, 1.82) is 5.26 Å². The minimum absolute atomic E-state index is 0.0777. The summed E-state index contributed by atoms with van der Waals surface area (Å²) in [5, 5.41) is 9.29. The van der Waals surface area contributed by atoms with E-state index in [0.29, 0.717) is 34.5 Å². The molecule has 2 aromatic rings. The summed E-state index contributed by atoms with van der Waals surface area (Å²) >= 11 is 0. The van der Waals surface area contributed by atoms with Crippen LogP contribution in [0, 0.1) is 18.3 Å². The fraction of sp³-hybridized carbons (Fsp3) is 0.471. The fourth-order valence-corrected chi connectivity index (χ4v) is 3.55. The minimum Gasteiger partial charge on any atom is -0.369 e. The maximum Gasteiger partial charge on any atom is 0.523 e. The molecule has 1 aliphatic heterocycles. The maximum atomic E-state index is 12.5. The Bertz CT molecular complexity index is 1070. The molecular formula is C17H17F3N4O4S. The molecule has 0 spiro atoms. The van der Waals surface area contributed by atoms with Gasteiger partial charge in [0.25, 0.3) is 0 Å². The van der Waals surface area contributed by atoms with Gasteiger partial charge in [0.2, 0.25) is 0 Å². The summed E-state index contributed by atoms with van der Waals surface area (Å²) in [4.78, 5) is 10.5. The number of aryl methyl sites for hydroxylation is 1. The van der Waals surface area contributed by atoms with Gasteiger partial charge in [0.15, 0.2) is 0 Å². The average Bonchev–Trinajstić information content (AvgIpc) is 2.64. The van der Waals surface area contributed by atoms with Gasteiger partial charge in [0, 0.05) is 19.3 Å². The van der Waals surface area contributed by atoms with Gasteiger partial charge in [-0.1, -0.05) is 0 Å². The zero-order valence-electron chi connectivity index (χ0n) is 15.5. The van der Waals surface area contributed by atoms with Crippen molar-refractivity contribution in [3.8, 4) is 6.07 Å². The summed E-state index contributed by atoms with van der Waals surface area (Å²) in [5.74, 6) is 0. The van der Waals surface area contributed by atoms with E-state index in [2.05, 4.69) is 14.2 Å². The molecule has 1 aromatic heterocycles. The van der Waals surface area contributed by atoms with E-state index in [9.17, 15) is 26.9 Å². The second kappa shape index (κ2) is 7.74. The minimum atomic E-state index is -5.70. The highest BCUT2D eigenvalue weighted by atomic mass is 32.2. The molecular weight excluding hydrogens is 413 g/mol. The summed E-state index contributed by atoms with van der Waals surface area (Å²) in [6, 6.07) is 5.31. The van der Waals surface area contributed by atoms with E-state index in [1.165, 1.54) is 6.20 Å². The number of hydrogen-bond acceptors (Lipinski definition) is 8. The number of benzene rings is 1. The van der Waals surface area contributed by atoms with Gasteiger partial charge in [0.05, 0.1) is 29.7 Å². The summed E-state index contributed by atoms with van der Waals surface area (Å²) < 4.78 is 69.4. The number of anilines is 1. The molecule has 29 heavy (non-hydrogen) atoms. The molecule has 0 N–H and O–H groups in total. The van der Waals surface area contributed by atoms with E-state index in [0.717, 1.165) is 0 Å². The number of halogens is 3. The number of nitrogens with zero attached hydrogens (tertiary/aromatic N) is 4. The lowest BCUT2D eigenvalue weighted by molar-refractivity contribution is -0.0656. The molecule has 1 fully saturated rings. The third-order valence-corrected chi connectivity index (χ3v) is 5.29. The van der Waals surface area contributed by atoms with Crippen LogP contribution in [0.25, 0.3) is 11.0 Å². The quantitative estimate of drug-likeness (QED) is 0.537. The number of alkyl halides is 3. The molecule has 1 aromatic carbocycles. The van der Waals surface area contributed by atoms with Gasteiger partial charge in [0.1, 0.15) is 23.2 Å². The Morgan fingerprint density at radius 3 is 2.72 bits per heavy atom. The van der Waals surface area contributed by atoms with Crippen LogP contribution in [0.15, 0.2) is 18.3 Å². The molecule has 2 atom stereocenters. The number of ether oxygens (including phenoxy) is 1. The highest BCUT2D eigenvalue weighted by molar-refractivity contribution is 7.87. The van der Waals surface area contributed by atoms with Crippen LogP contribution >= 0.6 is 0 Å². The Labute approximate surface area is 165 Å². The van der Waals surface area contributed by atoms with Crippen molar-refractivity contribution in [3.63, 3.8) is 0 Å². The van der Waals surface area contributed by atoms with E-state index in [4.69, 9.17) is 4.74 Å². The van der Waals surface area contributed by atoms with Crippen LogP contribution in [0.5, 0.6) is 0 Å². The number of fused-ring (bicyclic) bond motifs is 1. The van der Waals surface area contributed by atoms with Crippen LogP contribution in [-0.4, -0.2) is 55.8 Å². The molecule has 0 radical (unpaired) electrons. The van der Waals surface area contributed by atoms with Crippen molar-refractivity contribution in [2.24, 2.45) is 0 Å². The molecule has 0 aliphatic carbocycles. The van der Waals surface area contributed by atoms with Crippen LogP contribution in [0.2, 0.25) is 0 Å². The monoisotopic (exact) mass is 430 g/mol. The predicted molar refractivity (Wildman–Crippen MR) is 96.5 cm³/mol. The Hall–Kier alpha value is -2.49. The summed E-state index contributed by atoms with van der Waals surface area (Å²) in [6.07, 6.45) is 0.210. The molecule has 156 valence electrons. The number of rotatable bonds is 4. The summed E-state index contributed by atoms with van der Waals surface area (Å²) in [7, 11) is -5.70. The lowest BCUT2D eigenvalue weighted by atomic mass is 10.1. The molecule has 0 unspecified atom stereocenters. The summed E-state index contributed by atoms with van der Waals surface area (Å²) in [5.41, 5.74) is -3.03. The molecule has 8 nitrogen and oxygen atoms in total. The zero-order chi connectivity index (χ0) is 21.4. The Morgan fingerprint density at radius 1 is 1.34 bits per heavy atom. The topological polar surface area (TPSA) is 105 Å². The van der Waals surface area contributed by atoms with Crippen molar-refractivity contribution in [2.45, 2.75) is 31.6 Å². The maximum absolute atomic E-state index is 12.5. The standard InChI is InChI=1S/C17H17F3N4O4S/c1-10-6-22-15-12(5-21)3-4-14(16(15)23-10)24-7-11(2)28-13(8-24)9-27-29(25,26)17(18,19)20/h3-4,6,11,13H,7-9H2,1-2H3/t11-,13-/m1/s1. The van der Waals surface area contributed by atoms with Gasteiger partial charge < -0.3 is 9.64 Å². The molecule has 3 rings (SSSR count). The lowest BCUT2D eigenvalue weighted by Crippen LogP contribution is -2.49. The number of hydrogen-bond donors (Lipinski definition) is 0. The largest absolute Gasteiger partial charge is 0.523 e. The SMILES string of the molecule is Cc1cnc2c(C#N)ccc(N3C[C@H](COS(=O)(=O)C(F)(F)F)O[C@H](C)C3)c2n1. The normalized spacial score (nSPS) is 20.6. The van der Waals surface area contributed by atoms with Gasteiger partial charge in [-0.2, -0.15) is 26.9 Å². The molecule has 0 saturated carbocycles. The van der Waals surface area contributed by atoms with Crippen LogP contribution in [0.4, 0.5) is 18.9 Å². The first-order valence-corrected chi connectivity index (χ1v) is 9.95. The van der Waals surface area contributed by atoms with E-state index >= 15 is 0 Å². The van der Waals surface area contributed by atoms with Crippen LogP contribution in [0.1, 0.15) is 18.2 Å². The first-order valence-electron chi connectivity index (χ1n) is 8.54. The van der Waals surface area contributed by atoms with E-state index in [-0.39, 0.29) is 6.54 Å². The predicted octanol–water partition coefficient (Wildman–Crippen LogP) is 2.27. The van der Waals surface area contributed by atoms with Crippen molar-refractivity contribution >= 4 is 26.8 Å². The van der Waals surface area contributed by atoms with Crippen molar-refractivity contribution < 1.29 is 30.5 Å². The highest BCUT2D eigenvalue weighted by Crippen LogP contribution is 2.30. The van der Waals surface area contributed by atoms with Crippen LogP contribution in [-0.2, 0) is 19.0 Å². The third-order valence-electron chi connectivity index (χ3n) is 4.28. The highest BCUT2D eigenvalue weighted by Gasteiger charge is 2.47. The first-order chi connectivity index (χ1) is 13.5. The van der Waals surface area contributed by atoms with Crippen LogP contribution < -0.4 is 4.90 Å². The molecule has 0 amide bonds. The van der Waals surface area contributed by atoms with Crippen LogP contribution in [0.3, 0.4) is 0 Å². The second-order valence-electron chi connectivity index (χ2n) is 6.61. The fourth-order valence-electron chi connectivity index (χ4n) is 3.08. The zero-order valence-corrected chi connectivity index (χ0v) is 16.3. The number of nitriles is 1. The van der Waals surface area contributed by atoms with E-state index < -0.39 is 34.4 Å². The molecule has 0 bridgehead atoms. The molecule has 1 saturated heterocycles. The smallest absolute Gasteiger partial charge is 0.369 e. The Kier molecular flexibility index (Phi) is 5.66. The second-order valence-corrected chi connectivity index (χ2v) is 8.22. The van der Waals surface area contributed by atoms with Gasteiger partial charge in [-0.05, 0) is 26.0 Å². The molecule has 12 heteroatoms. The van der Waals surface area contributed by atoms with E-state index in [1.54, 1.807) is 30.9 Å². The van der Waals surface area contributed by atoms with Gasteiger partial charge in [-0.15, -0.1) is 0 Å². The van der Waals surface area contributed by atoms with Crippen molar-refractivity contribution in [2.75, 3.05) is 24.6 Å². The van der Waals surface area contributed by atoms with Gasteiger partial charge in [-0.25, -0.2) is 4.98 Å². The molecule has 1 aliphatic rings. The van der Waals surface area contributed by atoms with Gasteiger partial charge in [-0.3, -0.25) is 9.17 Å². The molecule has 2 heterocycles. The Balaban J connectivity index is 1.88. The Morgan fingerprint density at radius 2 is 2.07 bits per heavy atom. The van der Waals surface area contributed by atoms with Gasteiger partial charge >= 0.3 is 15.6 Å². The number of aromatic nitrogens is 2. The third kappa shape index (κ3) is 4.42. The van der Waals surface area contributed by atoms with E-state index in [1.807, 2.05) is 6.07 Å².